The average molecular weight is 232 g/mol. The quantitative estimate of drug-likeness (QED) is 0.732. The van der Waals surface area contributed by atoms with Crippen LogP contribution in [0.4, 0.5) is 13.2 Å². The molecule has 88 valence electrons. The number of esters is 1. The molecule has 0 saturated heterocycles. The SMILES string of the molecule is Cc1cccc(C(=O)OCC(F)(F)F)c1C. The highest BCUT2D eigenvalue weighted by Crippen LogP contribution is 2.18. The molecule has 0 amide bonds. The normalized spacial score (nSPS) is 11.3. The Balaban J connectivity index is 2.78. The summed E-state index contributed by atoms with van der Waals surface area (Å²) < 4.78 is 39.7. The molecule has 0 aromatic heterocycles. The smallest absolute Gasteiger partial charge is 0.422 e. The van der Waals surface area contributed by atoms with E-state index in [0.717, 1.165) is 5.56 Å². The summed E-state index contributed by atoms with van der Waals surface area (Å²) in [6.45, 7) is 1.88. The van der Waals surface area contributed by atoms with Crippen LogP contribution in [0.25, 0.3) is 0 Å². The van der Waals surface area contributed by atoms with Crippen molar-refractivity contribution in [3.8, 4) is 0 Å². The Kier molecular flexibility index (Phi) is 3.57. The molecule has 0 aliphatic rings. The van der Waals surface area contributed by atoms with E-state index in [1.54, 1.807) is 26.0 Å². The molecule has 1 aromatic rings. The Labute approximate surface area is 91.0 Å². The predicted octanol–water partition coefficient (Wildman–Crippen LogP) is 3.02. The van der Waals surface area contributed by atoms with Crippen LogP contribution in [0.15, 0.2) is 18.2 Å². The van der Waals surface area contributed by atoms with Crippen LogP contribution in [-0.4, -0.2) is 18.8 Å². The highest BCUT2D eigenvalue weighted by Gasteiger charge is 2.30. The van der Waals surface area contributed by atoms with Crippen molar-refractivity contribution in [2.45, 2.75) is 20.0 Å². The number of benzene rings is 1. The third kappa shape index (κ3) is 3.25. The fourth-order valence-corrected chi connectivity index (χ4v) is 1.20. The summed E-state index contributed by atoms with van der Waals surface area (Å²) in [5.41, 5.74) is 1.64. The fraction of sp³-hybridized carbons (Fsp3) is 0.364. The zero-order valence-electron chi connectivity index (χ0n) is 8.89. The zero-order chi connectivity index (χ0) is 12.3. The van der Waals surface area contributed by atoms with Crippen molar-refractivity contribution < 1.29 is 22.7 Å². The van der Waals surface area contributed by atoms with Crippen LogP contribution in [0, 0.1) is 13.8 Å². The van der Waals surface area contributed by atoms with Crippen LogP contribution in [0.3, 0.4) is 0 Å². The number of hydrogen-bond donors (Lipinski definition) is 0. The minimum atomic E-state index is -4.49. The van der Waals surface area contributed by atoms with Gasteiger partial charge in [-0.3, -0.25) is 0 Å². The molecule has 0 aliphatic carbocycles. The number of carbonyl (C=O) groups is 1. The van der Waals surface area contributed by atoms with E-state index >= 15 is 0 Å². The molecule has 16 heavy (non-hydrogen) atoms. The van der Waals surface area contributed by atoms with Crippen molar-refractivity contribution in [1.29, 1.82) is 0 Å². The first kappa shape index (κ1) is 12.5. The highest BCUT2D eigenvalue weighted by atomic mass is 19.4. The van der Waals surface area contributed by atoms with Crippen LogP contribution in [0.1, 0.15) is 21.5 Å². The summed E-state index contributed by atoms with van der Waals surface area (Å²) in [7, 11) is 0. The number of alkyl halides is 3. The van der Waals surface area contributed by atoms with Gasteiger partial charge in [0.2, 0.25) is 0 Å². The van der Waals surface area contributed by atoms with Gasteiger partial charge in [-0.15, -0.1) is 0 Å². The molecule has 0 N–H and O–H groups in total. The zero-order valence-corrected chi connectivity index (χ0v) is 8.89. The van der Waals surface area contributed by atoms with Crippen LogP contribution >= 0.6 is 0 Å². The van der Waals surface area contributed by atoms with Crippen molar-refractivity contribution >= 4 is 5.97 Å². The maximum Gasteiger partial charge on any atom is 0.422 e. The maximum absolute atomic E-state index is 11.8. The topological polar surface area (TPSA) is 26.3 Å². The molecule has 0 aliphatic heterocycles. The molecule has 1 rings (SSSR count). The van der Waals surface area contributed by atoms with Crippen molar-refractivity contribution in [3.05, 3.63) is 34.9 Å². The Morgan fingerprint density at radius 2 is 1.94 bits per heavy atom. The lowest BCUT2D eigenvalue weighted by molar-refractivity contribution is -0.161. The number of hydrogen-bond acceptors (Lipinski definition) is 2. The second kappa shape index (κ2) is 4.55. The lowest BCUT2D eigenvalue weighted by atomic mass is 10.0. The average Bonchev–Trinajstić information content (AvgIpc) is 2.17. The first-order valence-corrected chi connectivity index (χ1v) is 4.61. The number of ether oxygens (including phenoxy) is 1. The minimum Gasteiger partial charge on any atom is -0.452 e. The summed E-state index contributed by atoms with van der Waals surface area (Å²) in [5, 5.41) is 0. The van der Waals surface area contributed by atoms with Gasteiger partial charge in [0.25, 0.3) is 0 Å². The fourth-order valence-electron chi connectivity index (χ4n) is 1.20. The molecule has 0 saturated carbocycles. The van der Waals surface area contributed by atoms with Gasteiger partial charge in [-0.25, -0.2) is 4.79 Å². The van der Waals surface area contributed by atoms with Crippen molar-refractivity contribution in [1.82, 2.24) is 0 Å². The van der Waals surface area contributed by atoms with E-state index in [1.807, 2.05) is 0 Å². The summed E-state index contributed by atoms with van der Waals surface area (Å²) in [6, 6.07) is 4.82. The number of rotatable bonds is 2. The van der Waals surface area contributed by atoms with Gasteiger partial charge in [0.1, 0.15) is 0 Å². The van der Waals surface area contributed by atoms with Crippen LogP contribution < -0.4 is 0 Å². The van der Waals surface area contributed by atoms with Gasteiger partial charge in [0, 0.05) is 0 Å². The molecule has 0 spiro atoms. The first-order chi connectivity index (χ1) is 7.31. The van der Waals surface area contributed by atoms with Gasteiger partial charge in [0.15, 0.2) is 6.61 Å². The summed E-state index contributed by atoms with van der Waals surface area (Å²) >= 11 is 0. The highest BCUT2D eigenvalue weighted by molar-refractivity contribution is 5.91. The Bertz CT molecular complexity index is 397. The molecule has 1 aromatic carbocycles. The molecular formula is C11H11F3O2. The Morgan fingerprint density at radius 3 is 2.50 bits per heavy atom. The lowest BCUT2D eigenvalue weighted by Crippen LogP contribution is -2.20. The third-order valence-corrected chi connectivity index (χ3v) is 2.19. The van der Waals surface area contributed by atoms with E-state index < -0.39 is 18.8 Å². The second-order valence-corrected chi connectivity index (χ2v) is 3.44. The molecule has 0 radical (unpaired) electrons. The van der Waals surface area contributed by atoms with Crippen LogP contribution in [-0.2, 0) is 4.74 Å². The van der Waals surface area contributed by atoms with Crippen molar-refractivity contribution in [3.63, 3.8) is 0 Å². The van der Waals surface area contributed by atoms with Crippen molar-refractivity contribution in [2.75, 3.05) is 6.61 Å². The van der Waals surface area contributed by atoms with Gasteiger partial charge in [-0.1, -0.05) is 12.1 Å². The maximum atomic E-state index is 11.8. The summed E-state index contributed by atoms with van der Waals surface area (Å²) in [4.78, 5) is 11.3. The van der Waals surface area contributed by atoms with Gasteiger partial charge in [-0.05, 0) is 31.0 Å². The summed E-state index contributed by atoms with van der Waals surface area (Å²) in [6.07, 6.45) is -4.49. The van der Waals surface area contributed by atoms with Crippen molar-refractivity contribution in [2.24, 2.45) is 0 Å². The molecule has 0 unspecified atom stereocenters. The third-order valence-electron chi connectivity index (χ3n) is 2.19. The molecule has 0 heterocycles. The first-order valence-electron chi connectivity index (χ1n) is 4.61. The van der Waals surface area contributed by atoms with E-state index in [2.05, 4.69) is 4.74 Å². The van der Waals surface area contributed by atoms with E-state index in [9.17, 15) is 18.0 Å². The Hall–Kier alpha value is -1.52. The monoisotopic (exact) mass is 232 g/mol. The lowest BCUT2D eigenvalue weighted by Gasteiger charge is -2.10. The minimum absolute atomic E-state index is 0.171. The van der Waals surface area contributed by atoms with E-state index in [4.69, 9.17) is 0 Å². The van der Waals surface area contributed by atoms with E-state index in [1.165, 1.54) is 6.07 Å². The molecule has 5 heteroatoms. The molecular weight excluding hydrogens is 221 g/mol. The standard InChI is InChI=1S/C11H11F3O2/c1-7-4-3-5-9(8(7)2)10(15)16-6-11(12,13)14/h3-5H,6H2,1-2H3. The van der Waals surface area contributed by atoms with Crippen LogP contribution in [0.2, 0.25) is 0 Å². The molecule has 0 bridgehead atoms. The van der Waals surface area contributed by atoms with E-state index in [-0.39, 0.29) is 5.56 Å². The second-order valence-electron chi connectivity index (χ2n) is 3.44. The van der Waals surface area contributed by atoms with Gasteiger partial charge in [-0.2, -0.15) is 13.2 Å². The largest absolute Gasteiger partial charge is 0.452 e. The Morgan fingerprint density at radius 1 is 1.31 bits per heavy atom. The van der Waals surface area contributed by atoms with Crippen LogP contribution in [0.5, 0.6) is 0 Å². The number of aryl methyl sites for hydroxylation is 1. The van der Waals surface area contributed by atoms with E-state index in [0.29, 0.717) is 5.56 Å². The number of carbonyl (C=O) groups excluding carboxylic acids is 1. The van der Waals surface area contributed by atoms with Gasteiger partial charge < -0.3 is 4.74 Å². The molecule has 0 atom stereocenters. The molecule has 0 fully saturated rings. The predicted molar refractivity (Wildman–Crippen MR) is 52.3 cm³/mol. The summed E-state index contributed by atoms with van der Waals surface area (Å²) in [5.74, 6) is -0.946. The number of halogens is 3. The van der Waals surface area contributed by atoms with Gasteiger partial charge >= 0.3 is 12.1 Å². The van der Waals surface area contributed by atoms with Gasteiger partial charge in [0.05, 0.1) is 5.56 Å². The molecule has 2 nitrogen and oxygen atoms in total.